The smallest absolute Gasteiger partial charge is 0.306 e. The molecular weight excluding hydrogens is 398 g/mol. The number of ether oxygens (including phenoxy) is 1. The first kappa shape index (κ1) is 20.1. The van der Waals surface area contributed by atoms with Gasteiger partial charge < -0.3 is 14.6 Å². The topological polar surface area (TPSA) is 75.3 Å². The fourth-order valence-corrected chi connectivity index (χ4v) is 4.39. The molecule has 0 saturated heterocycles. The molecule has 0 bridgehead atoms. The Morgan fingerprint density at radius 2 is 1.93 bits per heavy atom. The van der Waals surface area contributed by atoms with Crippen LogP contribution in [0.15, 0.2) is 54.7 Å². The number of fused-ring (bicyclic) bond motifs is 2. The number of para-hydroxylation sites is 2. The molecule has 2 heterocycles. The number of likely N-dealkylation sites (N-methyl/N-ethyl adjacent to an activating group) is 1. The van der Waals surface area contributed by atoms with Gasteiger partial charge in [-0.15, -0.1) is 11.3 Å². The molecule has 4 aromatic rings. The van der Waals surface area contributed by atoms with Crippen molar-refractivity contribution in [2.24, 2.45) is 0 Å². The molecule has 0 saturated carbocycles. The van der Waals surface area contributed by atoms with Gasteiger partial charge in [-0.05, 0) is 36.6 Å². The zero-order valence-corrected chi connectivity index (χ0v) is 17.6. The second-order valence-electron chi connectivity index (χ2n) is 7.20. The molecule has 6 nitrogen and oxygen atoms in total. The average Bonchev–Trinajstić information content (AvgIpc) is 3.35. The molecule has 0 aliphatic rings. The fourth-order valence-electron chi connectivity index (χ4n) is 3.36. The van der Waals surface area contributed by atoms with Crippen molar-refractivity contribution >= 4 is 44.3 Å². The number of benzene rings is 2. The number of rotatable bonds is 8. The summed E-state index contributed by atoms with van der Waals surface area (Å²) in [6.07, 6.45) is 3.73. The van der Waals surface area contributed by atoms with Crippen molar-refractivity contribution in [3.05, 3.63) is 65.3 Å². The van der Waals surface area contributed by atoms with Gasteiger partial charge in [-0.25, -0.2) is 4.98 Å². The van der Waals surface area contributed by atoms with Crippen LogP contribution in [-0.4, -0.2) is 40.4 Å². The maximum Gasteiger partial charge on any atom is 0.306 e. The minimum absolute atomic E-state index is 0.237. The Morgan fingerprint density at radius 1 is 1.13 bits per heavy atom. The maximum atomic E-state index is 12.3. The molecule has 1 amide bonds. The van der Waals surface area contributed by atoms with Crippen LogP contribution in [0.1, 0.15) is 23.4 Å². The third-order valence-electron chi connectivity index (χ3n) is 4.99. The van der Waals surface area contributed by atoms with E-state index in [1.54, 1.807) is 18.4 Å². The standard InChI is InChI=1S/C23H23N3O3S/c1-26(14-21-25-19-10-4-5-11-20(19)30-21)22(27)15-29-23(28)12-6-7-16-13-24-18-9-3-2-8-17(16)18/h2-5,8-11,13,24H,6-7,12,14-15H2,1H3. The molecule has 0 fully saturated rings. The summed E-state index contributed by atoms with van der Waals surface area (Å²) in [7, 11) is 1.69. The summed E-state index contributed by atoms with van der Waals surface area (Å²) in [5.41, 5.74) is 3.21. The molecule has 0 atom stereocenters. The van der Waals surface area contributed by atoms with E-state index in [9.17, 15) is 9.59 Å². The van der Waals surface area contributed by atoms with E-state index in [1.807, 2.05) is 48.7 Å². The van der Waals surface area contributed by atoms with E-state index in [-0.39, 0.29) is 24.9 Å². The minimum atomic E-state index is -0.350. The maximum absolute atomic E-state index is 12.3. The molecular formula is C23H23N3O3S. The highest BCUT2D eigenvalue weighted by Gasteiger charge is 2.15. The molecule has 0 aliphatic heterocycles. The lowest BCUT2D eigenvalue weighted by molar-refractivity contribution is -0.151. The number of thiazole rings is 1. The van der Waals surface area contributed by atoms with Crippen LogP contribution in [0.3, 0.4) is 0 Å². The van der Waals surface area contributed by atoms with Gasteiger partial charge in [0.2, 0.25) is 0 Å². The van der Waals surface area contributed by atoms with Gasteiger partial charge in [-0.2, -0.15) is 0 Å². The van der Waals surface area contributed by atoms with Gasteiger partial charge in [0, 0.05) is 30.6 Å². The van der Waals surface area contributed by atoms with Crippen molar-refractivity contribution in [3.63, 3.8) is 0 Å². The quantitative estimate of drug-likeness (QED) is 0.430. The molecule has 4 rings (SSSR count). The SMILES string of the molecule is CN(Cc1nc2ccccc2s1)C(=O)COC(=O)CCCc1c[nH]c2ccccc12. The summed E-state index contributed by atoms with van der Waals surface area (Å²) < 4.78 is 6.27. The number of hydrogen-bond acceptors (Lipinski definition) is 5. The van der Waals surface area contributed by atoms with Crippen LogP contribution in [-0.2, 0) is 27.3 Å². The van der Waals surface area contributed by atoms with Crippen molar-refractivity contribution in [1.29, 1.82) is 0 Å². The van der Waals surface area contributed by atoms with Gasteiger partial charge >= 0.3 is 5.97 Å². The van der Waals surface area contributed by atoms with Crippen LogP contribution in [0.2, 0.25) is 0 Å². The molecule has 0 radical (unpaired) electrons. The Balaban J connectivity index is 1.20. The molecule has 0 spiro atoms. The Labute approximate surface area is 178 Å². The largest absolute Gasteiger partial charge is 0.456 e. The number of hydrogen-bond donors (Lipinski definition) is 1. The molecule has 0 unspecified atom stereocenters. The number of amides is 1. The van der Waals surface area contributed by atoms with Crippen molar-refractivity contribution in [2.75, 3.05) is 13.7 Å². The van der Waals surface area contributed by atoms with Crippen LogP contribution in [0.4, 0.5) is 0 Å². The Bertz CT molecular complexity index is 1150. The van der Waals surface area contributed by atoms with Crippen molar-refractivity contribution < 1.29 is 14.3 Å². The second kappa shape index (κ2) is 9.09. The van der Waals surface area contributed by atoms with Crippen LogP contribution in [0.25, 0.3) is 21.1 Å². The van der Waals surface area contributed by atoms with E-state index in [4.69, 9.17) is 4.74 Å². The Kier molecular flexibility index (Phi) is 6.09. The van der Waals surface area contributed by atoms with Crippen LogP contribution in [0, 0.1) is 0 Å². The van der Waals surface area contributed by atoms with Gasteiger partial charge in [-0.3, -0.25) is 9.59 Å². The van der Waals surface area contributed by atoms with E-state index < -0.39 is 0 Å². The number of nitrogens with zero attached hydrogens (tertiary/aromatic N) is 2. The first-order chi connectivity index (χ1) is 14.6. The summed E-state index contributed by atoms with van der Waals surface area (Å²) in [6.45, 7) is 0.156. The summed E-state index contributed by atoms with van der Waals surface area (Å²) >= 11 is 1.56. The molecule has 154 valence electrons. The number of carbonyl (C=O) groups is 2. The van der Waals surface area contributed by atoms with Gasteiger partial charge in [0.05, 0.1) is 16.8 Å². The number of H-pyrrole nitrogens is 1. The first-order valence-corrected chi connectivity index (χ1v) is 10.7. The molecule has 30 heavy (non-hydrogen) atoms. The van der Waals surface area contributed by atoms with Gasteiger partial charge in [-0.1, -0.05) is 30.3 Å². The van der Waals surface area contributed by atoms with Crippen molar-refractivity contribution in [3.8, 4) is 0 Å². The van der Waals surface area contributed by atoms with Gasteiger partial charge in [0.15, 0.2) is 6.61 Å². The molecule has 0 aliphatic carbocycles. The van der Waals surface area contributed by atoms with E-state index in [2.05, 4.69) is 16.0 Å². The lowest BCUT2D eigenvalue weighted by Gasteiger charge is -2.15. The van der Waals surface area contributed by atoms with E-state index in [1.165, 1.54) is 15.8 Å². The normalized spacial score (nSPS) is 11.1. The number of aromatic amines is 1. The highest BCUT2D eigenvalue weighted by molar-refractivity contribution is 7.18. The summed E-state index contributed by atoms with van der Waals surface area (Å²) in [5, 5.41) is 2.04. The highest BCUT2D eigenvalue weighted by atomic mass is 32.1. The van der Waals surface area contributed by atoms with E-state index in [0.717, 1.165) is 27.2 Å². The number of aromatic nitrogens is 2. The zero-order chi connectivity index (χ0) is 20.9. The van der Waals surface area contributed by atoms with Gasteiger partial charge in [0.25, 0.3) is 5.91 Å². The Hall–Kier alpha value is -3.19. The number of esters is 1. The molecule has 2 aromatic heterocycles. The van der Waals surface area contributed by atoms with Crippen molar-refractivity contribution in [2.45, 2.75) is 25.8 Å². The highest BCUT2D eigenvalue weighted by Crippen LogP contribution is 2.22. The van der Waals surface area contributed by atoms with Crippen LogP contribution in [0.5, 0.6) is 0 Å². The summed E-state index contributed by atoms with van der Waals surface area (Å²) in [4.78, 5) is 33.6. The monoisotopic (exact) mass is 421 g/mol. The molecule has 1 N–H and O–H groups in total. The zero-order valence-electron chi connectivity index (χ0n) is 16.8. The van der Waals surface area contributed by atoms with Gasteiger partial charge in [0.1, 0.15) is 5.01 Å². The predicted molar refractivity (Wildman–Crippen MR) is 118 cm³/mol. The Morgan fingerprint density at radius 3 is 2.80 bits per heavy atom. The third-order valence-corrected chi connectivity index (χ3v) is 6.02. The number of carbonyl (C=O) groups excluding carboxylic acids is 2. The second-order valence-corrected chi connectivity index (χ2v) is 8.31. The number of nitrogens with one attached hydrogen (secondary N) is 1. The lowest BCUT2D eigenvalue weighted by Crippen LogP contribution is -2.30. The minimum Gasteiger partial charge on any atom is -0.456 e. The molecule has 2 aromatic carbocycles. The average molecular weight is 422 g/mol. The van der Waals surface area contributed by atoms with Crippen LogP contribution < -0.4 is 0 Å². The molecule has 7 heteroatoms. The van der Waals surface area contributed by atoms with Crippen molar-refractivity contribution in [1.82, 2.24) is 14.9 Å². The third kappa shape index (κ3) is 4.68. The van der Waals surface area contributed by atoms with E-state index >= 15 is 0 Å². The van der Waals surface area contributed by atoms with E-state index in [0.29, 0.717) is 13.0 Å². The first-order valence-electron chi connectivity index (χ1n) is 9.89. The predicted octanol–water partition coefficient (Wildman–Crippen LogP) is 4.30. The lowest BCUT2D eigenvalue weighted by atomic mass is 10.1. The number of aryl methyl sites for hydroxylation is 1. The fraction of sp³-hybridized carbons (Fsp3) is 0.261. The summed E-state index contributed by atoms with van der Waals surface area (Å²) in [6, 6.07) is 16.0. The summed E-state index contributed by atoms with van der Waals surface area (Å²) in [5.74, 6) is -0.587. The van der Waals surface area contributed by atoms with Crippen LogP contribution >= 0.6 is 11.3 Å².